The summed E-state index contributed by atoms with van der Waals surface area (Å²) in [4.78, 5) is 14.0. The second-order valence-corrected chi connectivity index (χ2v) is 8.27. The zero-order valence-corrected chi connectivity index (χ0v) is 16.8. The molecule has 26 heavy (non-hydrogen) atoms. The monoisotopic (exact) mass is 380 g/mol. The fourth-order valence-corrected chi connectivity index (χ4v) is 4.49. The molecular formula is C20H29ClN2O3. The van der Waals surface area contributed by atoms with Gasteiger partial charge in [0.15, 0.2) is 11.5 Å². The molecule has 6 heteroatoms. The molecule has 1 amide bonds. The minimum atomic E-state index is 0.0561. The van der Waals surface area contributed by atoms with Gasteiger partial charge >= 0.3 is 0 Å². The van der Waals surface area contributed by atoms with Crippen LogP contribution in [-0.4, -0.2) is 43.7 Å². The standard InChI is InChI=1S/C20H29ClN2O3/c1-12(2)26-20-15(5-16(21)9-18(20)25-4)11-23(3)17-6-13-8-19(24)22-10-14(13)7-17/h5,9,12-14,17H,6-8,10-11H2,1-4H3,(H,22,24)/t13-,14+,17-/m1/s1. The van der Waals surface area contributed by atoms with Gasteiger partial charge in [-0.3, -0.25) is 9.69 Å². The smallest absolute Gasteiger partial charge is 0.220 e. The predicted molar refractivity (Wildman–Crippen MR) is 103 cm³/mol. The van der Waals surface area contributed by atoms with E-state index in [0.717, 1.165) is 37.2 Å². The maximum Gasteiger partial charge on any atom is 0.220 e. The van der Waals surface area contributed by atoms with Gasteiger partial charge in [-0.05, 0) is 51.6 Å². The number of carbonyl (C=O) groups excluding carboxylic acids is 1. The minimum Gasteiger partial charge on any atom is -0.493 e. The van der Waals surface area contributed by atoms with Crippen LogP contribution in [0.1, 0.15) is 38.7 Å². The summed E-state index contributed by atoms with van der Waals surface area (Å²) in [6.45, 7) is 5.57. The Morgan fingerprint density at radius 3 is 2.73 bits per heavy atom. The predicted octanol–water partition coefficient (Wildman–Crippen LogP) is 3.48. The van der Waals surface area contributed by atoms with Crippen molar-refractivity contribution in [1.82, 2.24) is 10.2 Å². The van der Waals surface area contributed by atoms with E-state index >= 15 is 0 Å². The molecule has 1 heterocycles. The number of hydrogen-bond acceptors (Lipinski definition) is 4. The van der Waals surface area contributed by atoms with Gasteiger partial charge in [0.05, 0.1) is 13.2 Å². The Balaban J connectivity index is 1.75. The number of nitrogens with zero attached hydrogens (tertiary/aromatic N) is 1. The average Bonchev–Trinajstić information content (AvgIpc) is 2.99. The van der Waals surface area contributed by atoms with Crippen LogP contribution in [0.2, 0.25) is 5.02 Å². The van der Waals surface area contributed by atoms with Gasteiger partial charge in [0.25, 0.3) is 0 Å². The van der Waals surface area contributed by atoms with Crippen LogP contribution >= 0.6 is 11.6 Å². The average molecular weight is 381 g/mol. The summed E-state index contributed by atoms with van der Waals surface area (Å²) in [5.74, 6) is 2.74. The Bertz CT molecular complexity index is 665. The second kappa shape index (κ2) is 8.05. The highest BCUT2D eigenvalue weighted by atomic mass is 35.5. The van der Waals surface area contributed by atoms with Gasteiger partial charge < -0.3 is 14.8 Å². The molecule has 1 aliphatic carbocycles. The lowest BCUT2D eigenvalue weighted by molar-refractivity contribution is -0.124. The van der Waals surface area contributed by atoms with Crippen molar-refractivity contribution in [2.75, 3.05) is 20.7 Å². The van der Waals surface area contributed by atoms with Crippen LogP contribution in [0, 0.1) is 11.8 Å². The van der Waals surface area contributed by atoms with Crippen molar-refractivity contribution >= 4 is 17.5 Å². The summed E-state index contributed by atoms with van der Waals surface area (Å²) in [6, 6.07) is 4.23. The number of carbonyl (C=O) groups is 1. The lowest BCUT2D eigenvalue weighted by atomic mass is 9.89. The molecule has 3 rings (SSSR count). The number of halogens is 1. The maximum absolute atomic E-state index is 11.7. The quantitative estimate of drug-likeness (QED) is 0.820. The van der Waals surface area contributed by atoms with Crippen molar-refractivity contribution in [2.45, 2.75) is 51.8 Å². The molecular weight excluding hydrogens is 352 g/mol. The van der Waals surface area contributed by atoms with Crippen LogP contribution in [0.25, 0.3) is 0 Å². The highest BCUT2D eigenvalue weighted by Gasteiger charge is 2.39. The number of amides is 1. The van der Waals surface area contributed by atoms with E-state index < -0.39 is 0 Å². The maximum atomic E-state index is 11.7. The van der Waals surface area contributed by atoms with E-state index in [0.29, 0.717) is 35.1 Å². The number of fused-ring (bicyclic) bond motifs is 1. The topological polar surface area (TPSA) is 50.8 Å². The first-order chi connectivity index (χ1) is 12.4. The molecule has 5 nitrogen and oxygen atoms in total. The summed E-state index contributed by atoms with van der Waals surface area (Å²) in [6.07, 6.45) is 2.93. The summed E-state index contributed by atoms with van der Waals surface area (Å²) in [5, 5.41) is 3.65. The highest BCUT2D eigenvalue weighted by molar-refractivity contribution is 6.30. The second-order valence-electron chi connectivity index (χ2n) is 7.83. The van der Waals surface area contributed by atoms with Crippen LogP contribution in [0.15, 0.2) is 12.1 Å². The van der Waals surface area contributed by atoms with Crippen molar-refractivity contribution in [3.8, 4) is 11.5 Å². The summed E-state index contributed by atoms with van der Waals surface area (Å²) in [7, 11) is 3.78. The molecule has 2 aliphatic rings. The molecule has 0 unspecified atom stereocenters. The van der Waals surface area contributed by atoms with Crippen LogP contribution < -0.4 is 14.8 Å². The highest BCUT2D eigenvalue weighted by Crippen LogP contribution is 2.40. The number of hydrogen-bond donors (Lipinski definition) is 1. The van der Waals surface area contributed by atoms with Crippen LogP contribution in [0.5, 0.6) is 11.5 Å². The summed E-state index contributed by atoms with van der Waals surface area (Å²) < 4.78 is 11.5. The molecule has 1 aliphatic heterocycles. The molecule has 0 radical (unpaired) electrons. The first-order valence-electron chi connectivity index (χ1n) is 9.37. The number of piperidine rings is 1. The summed E-state index contributed by atoms with van der Waals surface area (Å²) >= 11 is 6.30. The first-order valence-corrected chi connectivity index (χ1v) is 9.75. The zero-order chi connectivity index (χ0) is 18.8. The normalized spacial score (nSPS) is 25.3. The van der Waals surface area contributed by atoms with Crippen LogP contribution in [0.4, 0.5) is 0 Å². The molecule has 0 spiro atoms. The third-order valence-corrected chi connectivity index (χ3v) is 5.76. The fraction of sp³-hybridized carbons (Fsp3) is 0.650. The molecule has 144 valence electrons. The first kappa shape index (κ1) is 19.3. The van der Waals surface area contributed by atoms with E-state index in [-0.39, 0.29) is 12.0 Å². The van der Waals surface area contributed by atoms with Gasteiger partial charge in [0.2, 0.25) is 5.91 Å². The number of methoxy groups -OCH3 is 1. The third kappa shape index (κ3) is 4.26. The van der Waals surface area contributed by atoms with Crippen molar-refractivity contribution in [2.24, 2.45) is 11.8 Å². The molecule has 0 aromatic heterocycles. The van der Waals surface area contributed by atoms with Gasteiger partial charge in [-0.15, -0.1) is 0 Å². The lowest BCUT2D eigenvalue weighted by Gasteiger charge is -2.26. The molecule has 1 aromatic carbocycles. The summed E-state index contributed by atoms with van der Waals surface area (Å²) in [5.41, 5.74) is 1.04. The van der Waals surface area contributed by atoms with Gasteiger partial charge in [0.1, 0.15) is 0 Å². The van der Waals surface area contributed by atoms with Gasteiger partial charge in [-0.2, -0.15) is 0 Å². The van der Waals surface area contributed by atoms with Gasteiger partial charge in [-0.25, -0.2) is 0 Å². The van der Waals surface area contributed by atoms with Crippen LogP contribution in [0.3, 0.4) is 0 Å². The fourth-order valence-electron chi connectivity index (χ4n) is 4.25. The third-order valence-electron chi connectivity index (χ3n) is 5.54. The van der Waals surface area contributed by atoms with Gasteiger partial charge in [-0.1, -0.05) is 11.6 Å². The Morgan fingerprint density at radius 1 is 1.31 bits per heavy atom. The Hall–Kier alpha value is -1.46. The van der Waals surface area contributed by atoms with Crippen molar-refractivity contribution in [3.63, 3.8) is 0 Å². The molecule has 2 fully saturated rings. The number of rotatable bonds is 6. The van der Waals surface area contributed by atoms with Crippen molar-refractivity contribution in [1.29, 1.82) is 0 Å². The van der Waals surface area contributed by atoms with E-state index in [1.165, 1.54) is 0 Å². The largest absolute Gasteiger partial charge is 0.493 e. The van der Waals surface area contributed by atoms with E-state index in [2.05, 4.69) is 17.3 Å². The number of benzene rings is 1. The Labute approximate surface area is 161 Å². The van der Waals surface area contributed by atoms with E-state index in [9.17, 15) is 4.79 Å². The molecule has 1 aromatic rings. The Morgan fingerprint density at radius 2 is 2.04 bits per heavy atom. The molecule has 1 N–H and O–H groups in total. The molecule has 1 saturated carbocycles. The lowest BCUT2D eigenvalue weighted by Crippen LogP contribution is -2.38. The SMILES string of the molecule is COc1cc(Cl)cc(CN(C)[C@H]2C[C@H]3CNC(=O)C[C@H]3C2)c1OC(C)C. The molecule has 0 bridgehead atoms. The molecule has 3 atom stereocenters. The zero-order valence-electron chi connectivity index (χ0n) is 16.0. The number of nitrogens with one attached hydrogen (secondary N) is 1. The van der Waals surface area contributed by atoms with E-state index in [1.807, 2.05) is 19.9 Å². The number of ether oxygens (including phenoxy) is 2. The van der Waals surface area contributed by atoms with E-state index in [4.69, 9.17) is 21.1 Å². The van der Waals surface area contributed by atoms with Crippen molar-refractivity contribution < 1.29 is 14.3 Å². The minimum absolute atomic E-state index is 0.0561. The van der Waals surface area contributed by atoms with Gasteiger partial charge in [0, 0.05) is 42.2 Å². The Kier molecular flexibility index (Phi) is 5.98. The van der Waals surface area contributed by atoms with Crippen LogP contribution in [-0.2, 0) is 11.3 Å². The van der Waals surface area contributed by atoms with Crippen molar-refractivity contribution in [3.05, 3.63) is 22.7 Å². The van der Waals surface area contributed by atoms with E-state index in [1.54, 1.807) is 13.2 Å². The molecule has 1 saturated heterocycles.